The molecule has 0 unspecified atom stereocenters. The maximum absolute atomic E-state index is 12.2. The number of carboxylic acid groups (broad SMARTS) is 1. The fourth-order valence-electron chi connectivity index (χ4n) is 2.86. The molecule has 184 valence electrons. The summed E-state index contributed by atoms with van der Waals surface area (Å²) in [6.45, 7) is 3.93. The number of hydrogen-bond donors (Lipinski definition) is 1. The third-order valence-corrected chi connectivity index (χ3v) is 4.42. The lowest BCUT2D eigenvalue weighted by molar-refractivity contribution is -0.142. The molecule has 1 aromatic carbocycles. The van der Waals surface area contributed by atoms with Crippen molar-refractivity contribution in [2.75, 3.05) is 85.8 Å². The Morgan fingerprint density at radius 2 is 1.00 bits per heavy atom. The molecule has 2 amide bonds. The van der Waals surface area contributed by atoms with E-state index in [1.54, 1.807) is 24.3 Å². The number of fused-ring (bicyclic) bond motifs is 1. The van der Waals surface area contributed by atoms with Crippen molar-refractivity contribution in [3.8, 4) is 0 Å². The maximum Gasteiger partial charge on any atom is 0.329 e. The summed E-state index contributed by atoms with van der Waals surface area (Å²) in [6, 6.07) is 6.78. The lowest BCUT2D eigenvalue weighted by atomic mass is 10.1. The standard InChI is InChI=1S/C22H31NO10/c24-20(25)17-33-16-15-32-14-13-31-12-11-30-10-9-29-8-7-28-6-5-23-21(26)18-3-1-2-4-19(18)22(23)27/h1-4H,5-17H2,(H,24,25). The molecular formula is C22H31NO10. The SMILES string of the molecule is O=C(O)COCCOCCOCCOCCOCCOCCN1C(=O)c2ccccc2C1=O. The van der Waals surface area contributed by atoms with E-state index in [4.69, 9.17) is 33.5 Å². The summed E-state index contributed by atoms with van der Waals surface area (Å²) >= 11 is 0. The zero-order valence-corrected chi connectivity index (χ0v) is 18.6. The second-order valence-electron chi connectivity index (χ2n) is 6.82. The zero-order chi connectivity index (χ0) is 23.7. The molecule has 0 bridgehead atoms. The Labute approximate surface area is 192 Å². The fraction of sp³-hybridized carbons (Fsp3) is 0.591. The van der Waals surface area contributed by atoms with Crippen molar-refractivity contribution in [3.63, 3.8) is 0 Å². The van der Waals surface area contributed by atoms with Gasteiger partial charge in [-0.2, -0.15) is 0 Å². The fourth-order valence-corrected chi connectivity index (χ4v) is 2.86. The maximum atomic E-state index is 12.2. The molecule has 0 aliphatic carbocycles. The lowest BCUT2D eigenvalue weighted by Crippen LogP contribution is -2.33. The van der Waals surface area contributed by atoms with Gasteiger partial charge in [0.1, 0.15) is 6.61 Å². The first-order valence-corrected chi connectivity index (χ1v) is 10.7. The minimum Gasteiger partial charge on any atom is -0.480 e. The Morgan fingerprint density at radius 1 is 0.636 bits per heavy atom. The predicted octanol–water partition coefficient (Wildman–Crippen LogP) is 0.467. The number of amides is 2. The van der Waals surface area contributed by atoms with Gasteiger partial charge in [0.15, 0.2) is 0 Å². The van der Waals surface area contributed by atoms with E-state index >= 15 is 0 Å². The van der Waals surface area contributed by atoms with Crippen molar-refractivity contribution in [2.45, 2.75) is 0 Å². The molecule has 1 heterocycles. The van der Waals surface area contributed by atoms with Crippen molar-refractivity contribution < 1.29 is 47.9 Å². The topological polar surface area (TPSA) is 130 Å². The van der Waals surface area contributed by atoms with E-state index in [-0.39, 0.29) is 38.2 Å². The molecule has 1 aliphatic heterocycles. The van der Waals surface area contributed by atoms with E-state index in [0.29, 0.717) is 70.6 Å². The van der Waals surface area contributed by atoms with Gasteiger partial charge in [-0.1, -0.05) is 12.1 Å². The van der Waals surface area contributed by atoms with Crippen molar-refractivity contribution in [1.29, 1.82) is 0 Å². The summed E-state index contributed by atoms with van der Waals surface area (Å²) in [5.74, 6) is -1.58. The van der Waals surface area contributed by atoms with Gasteiger partial charge in [-0.3, -0.25) is 14.5 Å². The van der Waals surface area contributed by atoms with Gasteiger partial charge >= 0.3 is 5.97 Å². The van der Waals surface area contributed by atoms with E-state index in [9.17, 15) is 14.4 Å². The molecule has 0 fully saturated rings. The number of nitrogens with zero attached hydrogens (tertiary/aromatic N) is 1. The molecule has 0 saturated carbocycles. The predicted molar refractivity (Wildman–Crippen MR) is 114 cm³/mol. The van der Waals surface area contributed by atoms with Gasteiger partial charge < -0.3 is 33.5 Å². The molecule has 11 nitrogen and oxygen atoms in total. The molecule has 1 aliphatic rings. The van der Waals surface area contributed by atoms with Crippen molar-refractivity contribution in [1.82, 2.24) is 4.90 Å². The Bertz CT molecular complexity index is 707. The molecule has 0 spiro atoms. The van der Waals surface area contributed by atoms with E-state index in [1.807, 2.05) is 0 Å². The van der Waals surface area contributed by atoms with E-state index in [2.05, 4.69) is 0 Å². The minimum absolute atomic E-state index is 0.207. The molecule has 0 aromatic heterocycles. The highest BCUT2D eigenvalue weighted by Crippen LogP contribution is 2.21. The number of aliphatic carboxylic acids is 1. The van der Waals surface area contributed by atoms with E-state index < -0.39 is 5.97 Å². The van der Waals surface area contributed by atoms with Crippen LogP contribution in [0.1, 0.15) is 20.7 Å². The zero-order valence-electron chi connectivity index (χ0n) is 18.6. The minimum atomic E-state index is -1.01. The van der Waals surface area contributed by atoms with Crippen LogP contribution in [0.5, 0.6) is 0 Å². The second-order valence-corrected chi connectivity index (χ2v) is 6.82. The van der Waals surface area contributed by atoms with Crippen LogP contribution in [0.3, 0.4) is 0 Å². The lowest BCUT2D eigenvalue weighted by Gasteiger charge is -2.13. The Kier molecular flexibility index (Phi) is 13.2. The number of hydrogen-bond acceptors (Lipinski definition) is 9. The molecule has 0 radical (unpaired) electrons. The number of carbonyl (C=O) groups is 3. The van der Waals surface area contributed by atoms with Gasteiger partial charge in [0.05, 0.1) is 90.3 Å². The largest absolute Gasteiger partial charge is 0.480 e. The van der Waals surface area contributed by atoms with Crippen LogP contribution in [0.4, 0.5) is 0 Å². The average Bonchev–Trinajstić information content (AvgIpc) is 3.05. The van der Waals surface area contributed by atoms with Crippen LogP contribution in [0.25, 0.3) is 0 Å². The van der Waals surface area contributed by atoms with Gasteiger partial charge in [0.2, 0.25) is 0 Å². The highest BCUT2D eigenvalue weighted by molar-refractivity contribution is 6.21. The van der Waals surface area contributed by atoms with Crippen LogP contribution in [0.15, 0.2) is 24.3 Å². The van der Waals surface area contributed by atoms with Crippen LogP contribution in [-0.4, -0.2) is 114 Å². The van der Waals surface area contributed by atoms with Gasteiger partial charge in [0.25, 0.3) is 11.8 Å². The Morgan fingerprint density at radius 3 is 1.39 bits per heavy atom. The summed E-state index contributed by atoms with van der Waals surface area (Å²) in [7, 11) is 0. The monoisotopic (exact) mass is 469 g/mol. The Balaban J connectivity index is 1.31. The van der Waals surface area contributed by atoms with Crippen LogP contribution >= 0.6 is 0 Å². The first-order valence-electron chi connectivity index (χ1n) is 10.7. The van der Waals surface area contributed by atoms with Crippen molar-refractivity contribution in [3.05, 3.63) is 35.4 Å². The molecule has 0 atom stereocenters. The van der Waals surface area contributed by atoms with Gasteiger partial charge in [-0.15, -0.1) is 0 Å². The average molecular weight is 469 g/mol. The summed E-state index contributed by atoms with van der Waals surface area (Å²) in [6.07, 6.45) is 0. The molecular weight excluding hydrogens is 438 g/mol. The van der Waals surface area contributed by atoms with E-state index in [0.717, 1.165) is 0 Å². The smallest absolute Gasteiger partial charge is 0.329 e. The molecule has 2 rings (SSSR count). The quantitative estimate of drug-likeness (QED) is 0.212. The van der Waals surface area contributed by atoms with Gasteiger partial charge in [0, 0.05) is 0 Å². The van der Waals surface area contributed by atoms with Crippen molar-refractivity contribution >= 4 is 17.8 Å². The third-order valence-electron chi connectivity index (χ3n) is 4.42. The highest BCUT2D eigenvalue weighted by Gasteiger charge is 2.34. The summed E-state index contributed by atoms with van der Waals surface area (Å²) in [4.78, 5) is 35.9. The summed E-state index contributed by atoms with van der Waals surface area (Å²) in [5.41, 5.74) is 0.870. The molecule has 1 N–H and O–H groups in total. The molecule has 11 heteroatoms. The number of benzene rings is 1. The van der Waals surface area contributed by atoms with Gasteiger partial charge in [-0.05, 0) is 12.1 Å². The number of carboxylic acids is 1. The highest BCUT2D eigenvalue weighted by atomic mass is 16.6. The Hall–Kier alpha value is -2.41. The summed E-state index contributed by atoms with van der Waals surface area (Å²) in [5, 5.41) is 8.39. The number of carbonyl (C=O) groups excluding carboxylic acids is 2. The molecule has 33 heavy (non-hydrogen) atoms. The molecule has 0 saturated heterocycles. The first kappa shape index (κ1) is 26.8. The van der Waals surface area contributed by atoms with Gasteiger partial charge in [-0.25, -0.2) is 4.79 Å². The third kappa shape index (κ3) is 10.4. The normalized spacial score (nSPS) is 13.0. The number of imide groups is 1. The molecule has 1 aromatic rings. The van der Waals surface area contributed by atoms with Crippen LogP contribution in [0, 0.1) is 0 Å². The second kappa shape index (κ2) is 16.2. The number of ether oxygens (including phenoxy) is 6. The van der Waals surface area contributed by atoms with Crippen LogP contribution in [0.2, 0.25) is 0 Å². The van der Waals surface area contributed by atoms with Crippen LogP contribution in [-0.2, 0) is 33.2 Å². The first-order chi connectivity index (χ1) is 16.1. The van der Waals surface area contributed by atoms with Crippen molar-refractivity contribution in [2.24, 2.45) is 0 Å². The van der Waals surface area contributed by atoms with E-state index in [1.165, 1.54) is 4.90 Å². The summed E-state index contributed by atoms with van der Waals surface area (Å²) < 4.78 is 31.6. The van der Waals surface area contributed by atoms with Crippen LogP contribution < -0.4 is 0 Å². The number of rotatable bonds is 20.